The maximum absolute atomic E-state index is 10.6. The molecule has 0 saturated heterocycles. The zero-order chi connectivity index (χ0) is 15.4. The summed E-state index contributed by atoms with van der Waals surface area (Å²) in [6.07, 6.45) is 4.12. The lowest BCUT2D eigenvalue weighted by Gasteiger charge is -2.52. The Hall–Kier alpha value is -1.08. The fourth-order valence-electron chi connectivity index (χ4n) is 4.45. The second kappa shape index (κ2) is 4.71. The first kappa shape index (κ1) is 14.8. The predicted octanol–water partition coefficient (Wildman–Crippen LogP) is 4.73. The molecule has 3 rings (SSSR count). The maximum Gasteiger partial charge on any atom is 0.0829 e. The molecule has 2 aliphatic rings. The van der Waals surface area contributed by atoms with Crippen LogP contribution in [0.15, 0.2) is 30.4 Å². The van der Waals surface area contributed by atoms with Crippen LogP contribution in [0.4, 0.5) is 0 Å². The van der Waals surface area contributed by atoms with E-state index in [1.807, 2.05) is 6.92 Å². The average molecular weight is 284 g/mol. The van der Waals surface area contributed by atoms with Crippen molar-refractivity contribution in [2.75, 3.05) is 0 Å². The van der Waals surface area contributed by atoms with E-state index in [1.165, 1.54) is 16.7 Å². The van der Waals surface area contributed by atoms with Crippen molar-refractivity contribution in [3.63, 3.8) is 0 Å². The summed E-state index contributed by atoms with van der Waals surface area (Å²) in [4.78, 5) is 0. The summed E-state index contributed by atoms with van der Waals surface area (Å²) in [5.41, 5.74) is 4.99. The predicted molar refractivity (Wildman–Crippen MR) is 88.7 cm³/mol. The smallest absolute Gasteiger partial charge is 0.0829 e. The largest absolute Gasteiger partial charge is 0.386 e. The van der Waals surface area contributed by atoms with Crippen LogP contribution in [0.2, 0.25) is 0 Å². The van der Waals surface area contributed by atoms with Crippen molar-refractivity contribution >= 4 is 0 Å². The SMILES string of the molecule is C=C1C2CCc3cc(C(C)C)ccc3C2(C)CCC1(C)O. The summed E-state index contributed by atoms with van der Waals surface area (Å²) in [7, 11) is 0. The lowest BCUT2D eigenvalue weighted by molar-refractivity contribution is 0.0264. The highest BCUT2D eigenvalue weighted by atomic mass is 16.3. The second-order valence-corrected chi connectivity index (χ2v) is 7.88. The van der Waals surface area contributed by atoms with Crippen molar-refractivity contribution in [1.82, 2.24) is 0 Å². The summed E-state index contributed by atoms with van der Waals surface area (Å²) in [6.45, 7) is 13.1. The highest BCUT2D eigenvalue weighted by molar-refractivity contribution is 5.44. The fraction of sp³-hybridized carbons (Fsp3) is 0.600. The van der Waals surface area contributed by atoms with Crippen LogP contribution < -0.4 is 0 Å². The molecule has 1 saturated carbocycles. The van der Waals surface area contributed by atoms with Crippen molar-refractivity contribution in [2.24, 2.45) is 5.92 Å². The second-order valence-electron chi connectivity index (χ2n) is 7.88. The van der Waals surface area contributed by atoms with Gasteiger partial charge in [-0.25, -0.2) is 0 Å². The van der Waals surface area contributed by atoms with Gasteiger partial charge in [0.2, 0.25) is 0 Å². The van der Waals surface area contributed by atoms with Crippen molar-refractivity contribution in [3.05, 3.63) is 47.0 Å². The van der Waals surface area contributed by atoms with Crippen LogP contribution in [0.3, 0.4) is 0 Å². The molecule has 21 heavy (non-hydrogen) atoms. The van der Waals surface area contributed by atoms with Gasteiger partial charge in [0.25, 0.3) is 0 Å². The first-order chi connectivity index (χ1) is 9.75. The van der Waals surface area contributed by atoms with Gasteiger partial charge in [-0.2, -0.15) is 0 Å². The Morgan fingerprint density at radius 2 is 1.95 bits per heavy atom. The van der Waals surface area contributed by atoms with Crippen LogP contribution in [0.25, 0.3) is 0 Å². The minimum absolute atomic E-state index is 0.155. The van der Waals surface area contributed by atoms with E-state index in [9.17, 15) is 5.11 Å². The third-order valence-corrected chi connectivity index (χ3v) is 6.13. The third-order valence-electron chi connectivity index (χ3n) is 6.13. The molecule has 1 N–H and O–H groups in total. The summed E-state index contributed by atoms with van der Waals surface area (Å²) >= 11 is 0. The molecule has 0 aliphatic heterocycles. The maximum atomic E-state index is 10.6. The standard InChI is InChI=1S/C20H28O/c1-13(2)15-6-9-18-16(12-15)7-8-17-14(3)20(5,21)11-10-19(17,18)4/h6,9,12-13,17,21H,3,7-8,10-11H2,1-2,4-5H3. The molecule has 1 aromatic rings. The molecule has 3 unspecified atom stereocenters. The summed E-state index contributed by atoms with van der Waals surface area (Å²) in [6, 6.07) is 7.06. The molecule has 1 heteroatoms. The lowest BCUT2D eigenvalue weighted by Crippen LogP contribution is -2.49. The molecule has 0 bridgehead atoms. The van der Waals surface area contributed by atoms with Gasteiger partial charge in [0.05, 0.1) is 5.60 Å². The van der Waals surface area contributed by atoms with E-state index in [1.54, 1.807) is 0 Å². The summed E-state index contributed by atoms with van der Waals surface area (Å²) in [5.74, 6) is 1.00. The minimum Gasteiger partial charge on any atom is -0.386 e. The number of hydrogen-bond acceptors (Lipinski definition) is 1. The van der Waals surface area contributed by atoms with Crippen molar-refractivity contribution in [1.29, 1.82) is 0 Å². The van der Waals surface area contributed by atoms with Gasteiger partial charge in [-0.3, -0.25) is 0 Å². The molecule has 0 spiro atoms. The van der Waals surface area contributed by atoms with Crippen LogP contribution in [0.5, 0.6) is 0 Å². The first-order valence-electron chi connectivity index (χ1n) is 8.30. The van der Waals surface area contributed by atoms with Gasteiger partial charge in [0.1, 0.15) is 0 Å². The Bertz CT molecular complexity index is 582. The van der Waals surface area contributed by atoms with E-state index in [-0.39, 0.29) is 5.41 Å². The normalized spacial score (nSPS) is 35.5. The number of benzene rings is 1. The molecule has 2 aliphatic carbocycles. The molecule has 3 atom stereocenters. The fourth-order valence-corrected chi connectivity index (χ4v) is 4.45. The molecule has 1 fully saturated rings. The molecule has 1 aromatic carbocycles. The topological polar surface area (TPSA) is 20.2 Å². The highest BCUT2D eigenvalue weighted by Crippen LogP contribution is 2.54. The molecule has 0 aromatic heterocycles. The Kier molecular flexibility index (Phi) is 3.33. The Balaban J connectivity index is 2.05. The van der Waals surface area contributed by atoms with Gasteiger partial charge in [-0.1, -0.05) is 45.5 Å². The van der Waals surface area contributed by atoms with E-state index in [4.69, 9.17) is 0 Å². The third kappa shape index (κ3) is 2.17. The summed E-state index contributed by atoms with van der Waals surface area (Å²) in [5, 5.41) is 10.6. The lowest BCUT2D eigenvalue weighted by atomic mass is 9.54. The van der Waals surface area contributed by atoms with Gasteiger partial charge in [-0.15, -0.1) is 0 Å². The van der Waals surface area contributed by atoms with Crippen LogP contribution in [-0.4, -0.2) is 10.7 Å². The highest BCUT2D eigenvalue weighted by Gasteiger charge is 2.49. The Morgan fingerprint density at radius 3 is 2.62 bits per heavy atom. The Morgan fingerprint density at radius 1 is 1.24 bits per heavy atom. The van der Waals surface area contributed by atoms with E-state index in [0.717, 1.165) is 31.3 Å². The molecule has 0 heterocycles. The van der Waals surface area contributed by atoms with Crippen LogP contribution in [0, 0.1) is 5.92 Å². The first-order valence-corrected chi connectivity index (χ1v) is 8.30. The van der Waals surface area contributed by atoms with E-state index in [0.29, 0.717) is 11.8 Å². The molecule has 0 amide bonds. The van der Waals surface area contributed by atoms with Gasteiger partial charge in [0.15, 0.2) is 0 Å². The zero-order valence-corrected chi connectivity index (χ0v) is 13.9. The molecule has 0 radical (unpaired) electrons. The van der Waals surface area contributed by atoms with E-state index in [2.05, 4.69) is 45.5 Å². The molecular weight excluding hydrogens is 256 g/mol. The number of aryl methyl sites for hydroxylation is 1. The van der Waals surface area contributed by atoms with Gasteiger partial charge in [0, 0.05) is 0 Å². The van der Waals surface area contributed by atoms with Gasteiger partial charge >= 0.3 is 0 Å². The zero-order valence-electron chi connectivity index (χ0n) is 13.9. The van der Waals surface area contributed by atoms with Crippen molar-refractivity contribution in [3.8, 4) is 0 Å². The quantitative estimate of drug-likeness (QED) is 0.739. The number of hydrogen-bond donors (Lipinski definition) is 1. The van der Waals surface area contributed by atoms with Crippen molar-refractivity contribution in [2.45, 2.75) is 70.3 Å². The minimum atomic E-state index is -0.681. The number of aliphatic hydroxyl groups is 1. The molecule has 114 valence electrons. The van der Waals surface area contributed by atoms with E-state index >= 15 is 0 Å². The van der Waals surface area contributed by atoms with Crippen molar-refractivity contribution < 1.29 is 5.11 Å². The molecular formula is C20H28O. The van der Waals surface area contributed by atoms with Crippen LogP contribution in [0.1, 0.15) is 69.6 Å². The molecule has 1 nitrogen and oxygen atoms in total. The monoisotopic (exact) mass is 284 g/mol. The van der Waals surface area contributed by atoms with Crippen LogP contribution in [-0.2, 0) is 11.8 Å². The number of rotatable bonds is 1. The van der Waals surface area contributed by atoms with Crippen LogP contribution >= 0.6 is 0 Å². The summed E-state index contributed by atoms with van der Waals surface area (Å²) < 4.78 is 0. The average Bonchev–Trinajstić information content (AvgIpc) is 2.43. The number of fused-ring (bicyclic) bond motifs is 3. The van der Waals surface area contributed by atoms with Gasteiger partial charge < -0.3 is 5.11 Å². The van der Waals surface area contributed by atoms with Gasteiger partial charge in [-0.05, 0) is 72.1 Å². The van der Waals surface area contributed by atoms with E-state index < -0.39 is 5.60 Å². The Labute approximate surface area is 129 Å².